The Morgan fingerprint density at radius 3 is 2.66 bits per heavy atom. The largest absolute Gasteiger partial charge is 0.545 e. The number of piperazine rings is 1. The number of fused-ring (bicyclic) bond motifs is 1. The van der Waals surface area contributed by atoms with Gasteiger partial charge >= 0.3 is 0 Å². The number of hydrogen-bond donors (Lipinski definition) is 1. The molecule has 0 radical (unpaired) electrons. The van der Waals surface area contributed by atoms with Gasteiger partial charge in [0.1, 0.15) is 18.2 Å². The topological polar surface area (TPSA) is 132 Å². The highest BCUT2D eigenvalue weighted by atomic mass is 35.5. The molecule has 4 N–H and O–H groups in total. The van der Waals surface area contributed by atoms with Gasteiger partial charge in [0.05, 0.1) is 41.9 Å². The summed E-state index contributed by atoms with van der Waals surface area (Å²) in [4.78, 5) is 25.3. The van der Waals surface area contributed by atoms with Gasteiger partial charge in [-0.15, -0.1) is 0 Å². The van der Waals surface area contributed by atoms with E-state index in [9.17, 15) is 14.3 Å². The average Bonchev–Trinajstić information content (AvgIpc) is 3.26. The van der Waals surface area contributed by atoms with Crippen molar-refractivity contribution >= 4 is 34.3 Å². The number of quaternary nitrogens is 1. The minimum Gasteiger partial charge on any atom is -0.545 e. The van der Waals surface area contributed by atoms with Gasteiger partial charge < -0.3 is 35.0 Å². The molecule has 41 heavy (non-hydrogen) atoms. The molecule has 2 aliphatic rings. The number of rotatable bonds is 9. The molecule has 216 valence electrons. The van der Waals surface area contributed by atoms with E-state index in [2.05, 4.69) is 19.4 Å². The van der Waals surface area contributed by atoms with Crippen LogP contribution in [0.3, 0.4) is 0 Å². The third-order valence-corrected chi connectivity index (χ3v) is 7.69. The van der Waals surface area contributed by atoms with Gasteiger partial charge in [-0.2, -0.15) is 0 Å². The summed E-state index contributed by atoms with van der Waals surface area (Å²) in [6, 6.07) is 13.3. The number of pyridine rings is 1. The van der Waals surface area contributed by atoms with Crippen molar-refractivity contribution in [2.45, 2.75) is 32.2 Å². The van der Waals surface area contributed by atoms with Gasteiger partial charge in [0.15, 0.2) is 0 Å². The summed E-state index contributed by atoms with van der Waals surface area (Å²) < 4.78 is 27.9. The van der Waals surface area contributed by atoms with Crippen molar-refractivity contribution in [2.24, 2.45) is 0 Å². The molecule has 1 atom stereocenters. The van der Waals surface area contributed by atoms with Crippen LogP contribution < -0.4 is 20.9 Å². The minimum atomic E-state index is -1.20. The lowest BCUT2D eigenvalue weighted by atomic mass is 10.1. The molecule has 2 aliphatic heterocycles. The second-order valence-corrected chi connectivity index (χ2v) is 10.5. The molecule has 1 unspecified atom stereocenters. The molecule has 0 amide bonds. The maximum Gasteiger partial charge on any atom is 0.237 e. The number of nitrogens with zero attached hydrogens (tertiary/aromatic N) is 5. The molecule has 0 bridgehead atoms. The zero-order chi connectivity index (χ0) is 27.6. The van der Waals surface area contributed by atoms with E-state index in [-0.39, 0.29) is 24.4 Å². The second kappa shape index (κ2) is 12.4. The van der Waals surface area contributed by atoms with Gasteiger partial charge in [-0.3, -0.25) is 4.90 Å². The summed E-state index contributed by atoms with van der Waals surface area (Å²) in [5, 5.41) is 11.8. The number of halogens is 2. The molecular formula is C29H32ClFN6O4. The number of benzene rings is 2. The predicted octanol–water partition coefficient (Wildman–Crippen LogP) is 3.65. The van der Waals surface area contributed by atoms with E-state index in [0.717, 1.165) is 61.8 Å². The summed E-state index contributed by atoms with van der Waals surface area (Å²) in [6.45, 7) is 5.12. The highest BCUT2D eigenvalue weighted by molar-refractivity contribution is 6.30. The Morgan fingerprint density at radius 1 is 1.15 bits per heavy atom. The van der Waals surface area contributed by atoms with Crippen molar-refractivity contribution in [3.63, 3.8) is 0 Å². The molecule has 4 aromatic rings. The summed E-state index contributed by atoms with van der Waals surface area (Å²) >= 11 is 5.86. The fraction of sp³-hybridized carbons (Fsp3) is 0.345. The Hall–Kier alpha value is -3.77. The summed E-state index contributed by atoms with van der Waals surface area (Å²) in [5.74, 6) is -0.283. The van der Waals surface area contributed by atoms with Crippen LogP contribution in [0.1, 0.15) is 28.2 Å². The highest BCUT2D eigenvalue weighted by Gasteiger charge is 2.25. The van der Waals surface area contributed by atoms with Crippen molar-refractivity contribution in [2.75, 3.05) is 37.7 Å². The summed E-state index contributed by atoms with van der Waals surface area (Å²) in [7, 11) is 0. The standard InChI is InChI=1S/C29H29ClFN5O4.H3N/c30-21-5-3-20(23(31)15-21)18-40-28-25(2-1-8-32-28)35-11-9-34(10-12-35)17-27-33-24-6-4-19(29(37)38)14-26(24)36(27)16-22-7-13-39-22;/h1-6,8,14-15,22H,7,9-13,16-18H2,(H,37,38);1H3. The van der Waals surface area contributed by atoms with Crippen LogP contribution in [0, 0.1) is 5.82 Å². The first-order valence-electron chi connectivity index (χ1n) is 13.3. The molecule has 0 aliphatic carbocycles. The SMILES string of the molecule is O=C([O-])c1ccc2nc(CN3CCN(c4cccnc4OCc4ccc(Cl)cc4F)CC3)n(CC3CCO3)c2c1.[NH4+]. The number of carbonyl (C=O) groups excluding carboxylic acids is 1. The van der Waals surface area contributed by atoms with Crippen LogP contribution in [0.15, 0.2) is 54.7 Å². The average molecular weight is 583 g/mol. The van der Waals surface area contributed by atoms with Crippen LogP contribution in [0.2, 0.25) is 5.02 Å². The number of aromatic carboxylic acids is 1. The number of anilines is 1. The third-order valence-electron chi connectivity index (χ3n) is 7.45. The van der Waals surface area contributed by atoms with Crippen molar-refractivity contribution in [3.05, 3.63) is 82.5 Å². The summed E-state index contributed by atoms with van der Waals surface area (Å²) in [5.41, 5.74) is 2.94. The number of aromatic nitrogens is 3. The molecule has 2 aromatic heterocycles. The number of ether oxygens (including phenoxy) is 2. The van der Waals surface area contributed by atoms with Gasteiger partial charge in [-0.25, -0.2) is 14.4 Å². The van der Waals surface area contributed by atoms with Gasteiger partial charge in [0.2, 0.25) is 5.88 Å². The second-order valence-electron chi connectivity index (χ2n) is 10.0. The first-order chi connectivity index (χ1) is 19.4. The Bertz CT molecular complexity index is 1540. The van der Waals surface area contributed by atoms with Gasteiger partial charge in [0.25, 0.3) is 0 Å². The zero-order valence-electron chi connectivity index (χ0n) is 22.8. The maximum atomic E-state index is 14.2. The van der Waals surface area contributed by atoms with E-state index < -0.39 is 11.8 Å². The van der Waals surface area contributed by atoms with Gasteiger partial charge in [-0.05, 0) is 48.4 Å². The molecule has 0 spiro atoms. The molecule has 6 rings (SSSR count). The third kappa shape index (κ3) is 6.28. The fourth-order valence-corrected chi connectivity index (χ4v) is 5.28. The number of carboxylic acids is 1. The van der Waals surface area contributed by atoms with E-state index >= 15 is 0 Å². The molecule has 0 saturated carbocycles. The molecule has 2 aromatic carbocycles. The zero-order valence-corrected chi connectivity index (χ0v) is 23.5. The van der Waals surface area contributed by atoms with E-state index in [1.807, 2.05) is 12.1 Å². The van der Waals surface area contributed by atoms with Crippen LogP contribution in [-0.4, -0.2) is 64.3 Å². The van der Waals surface area contributed by atoms with Crippen molar-refractivity contribution < 1.29 is 23.8 Å². The number of hydrogen-bond acceptors (Lipinski definition) is 8. The van der Waals surface area contributed by atoms with E-state index in [1.54, 1.807) is 30.5 Å². The normalized spacial score (nSPS) is 17.2. The number of carbonyl (C=O) groups is 1. The summed E-state index contributed by atoms with van der Waals surface area (Å²) in [6.07, 6.45) is 2.73. The maximum absolute atomic E-state index is 14.2. The van der Waals surface area contributed by atoms with Gasteiger partial charge in [-0.1, -0.05) is 23.7 Å². The fourth-order valence-electron chi connectivity index (χ4n) is 5.12. The van der Waals surface area contributed by atoms with Gasteiger partial charge in [0, 0.05) is 49.6 Å². The smallest absolute Gasteiger partial charge is 0.237 e. The minimum absolute atomic E-state index is 0. The number of carboxylic acid groups (broad SMARTS) is 1. The van der Waals surface area contributed by atoms with Crippen molar-refractivity contribution in [1.82, 2.24) is 25.6 Å². The number of imidazole rings is 1. The van der Waals surface area contributed by atoms with Crippen LogP contribution in [-0.2, 0) is 24.4 Å². The van der Waals surface area contributed by atoms with Crippen LogP contribution >= 0.6 is 11.6 Å². The van der Waals surface area contributed by atoms with Crippen molar-refractivity contribution in [3.8, 4) is 5.88 Å². The van der Waals surface area contributed by atoms with E-state index in [4.69, 9.17) is 26.1 Å². The van der Waals surface area contributed by atoms with E-state index in [0.29, 0.717) is 29.6 Å². The van der Waals surface area contributed by atoms with Crippen molar-refractivity contribution in [1.29, 1.82) is 0 Å². The molecule has 12 heteroatoms. The van der Waals surface area contributed by atoms with Crippen LogP contribution in [0.25, 0.3) is 11.0 Å². The highest BCUT2D eigenvalue weighted by Crippen LogP contribution is 2.29. The lowest BCUT2D eigenvalue weighted by molar-refractivity contribution is -0.255. The molecule has 10 nitrogen and oxygen atoms in total. The Labute approximate surface area is 241 Å². The quantitative estimate of drug-likeness (QED) is 0.316. The molecule has 4 heterocycles. The molecule has 2 saturated heterocycles. The first kappa shape index (κ1) is 28.7. The molecular weight excluding hydrogens is 551 g/mol. The lowest BCUT2D eigenvalue weighted by Crippen LogP contribution is -2.46. The van der Waals surface area contributed by atoms with Crippen LogP contribution in [0.4, 0.5) is 10.1 Å². The Balaban J connectivity index is 0.00000337. The molecule has 2 fully saturated rings. The monoisotopic (exact) mass is 582 g/mol. The van der Waals surface area contributed by atoms with E-state index in [1.165, 1.54) is 12.1 Å². The Kier molecular flexibility index (Phi) is 8.69. The predicted molar refractivity (Wildman–Crippen MR) is 152 cm³/mol. The Morgan fingerprint density at radius 2 is 1.95 bits per heavy atom. The first-order valence-corrected chi connectivity index (χ1v) is 13.6. The van der Waals surface area contributed by atoms with Crippen LogP contribution in [0.5, 0.6) is 5.88 Å². The lowest BCUT2D eigenvalue weighted by Gasteiger charge is -2.36.